The van der Waals surface area contributed by atoms with Crippen molar-refractivity contribution >= 4 is 10.0 Å². The van der Waals surface area contributed by atoms with E-state index in [1.807, 2.05) is 0 Å². The van der Waals surface area contributed by atoms with Gasteiger partial charge < -0.3 is 4.57 Å². The molecule has 2 aliphatic rings. The highest BCUT2D eigenvalue weighted by atomic mass is 32.2. The molecule has 0 spiro atoms. The van der Waals surface area contributed by atoms with Gasteiger partial charge in [-0.05, 0) is 12.8 Å². The summed E-state index contributed by atoms with van der Waals surface area (Å²) in [7, 11) is -3.39. The van der Waals surface area contributed by atoms with Crippen molar-refractivity contribution < 1.29 is 8.42 Å². The molecular formula is C11H19N5O2S. The molecule has 0 aliphatic carbocycles. The Bertz CT molecular complexity index is 562. The normalized spacial score (nSPS) is 21.7. The molecule has 0 amide bonds. The molecule has 3 rings (SSSR count). The molecule has 0 unspecified atom stereocenters. The second kappa shape index (κ2) is 4.84. The number of nitrogens with two attached hydrogens (primary N) is 1. The van der Waals surface area contributed by atoms with Crippen LogP contribution in [-0.4, -0.2) is 46.4 Å². The third-order valence-electron chi connectivity index (χ3n) is 3.94. The Morgan fingerprint density at radius 1 is 1.21 bits per heavy atom. The number of sulfonamides is 1. The second-order valence-corrected chi connectivity index (χ2v) is 7.24. The van der Waals surface area contributed by atoms with Crippen molar-refractivity contribution in [2.24, 2.45) is 5.14 Å². The molecule has 0 atom stereocenters. The van der Waals surface area contributed by atoms with Crippen LogP contribution >= 0.6 is 0 Å². The van der Waals surface area contributed by atoms with Gasteiger partial charge in [-0.3, -0.25) is 4.90 Å². The van der Waals surface area contributed by atoms with Gasteiger partial charge in [0.05, 0.1) is 6.54 Å². The average molecular weight is 285 g/mol. The third-order valence-corrected chi connectivity index (χ3v) is 5.17. The number of hydrogen-bond donors (Lipinski definition) is 1. The van der Waals surface area contributed by atoms with Crippen LogP contribution in [0.25, 0.3) is 0 Å². The third kappa shape index (κ3) is 2.65. The van der Waals surface area contributed by atoms with E-state index in [1.165, 1.54) is 12.8 Å². The average Bonchev–Trinajstić information content (AvgIpc) is 2.51. The van der Waals surface area contributed by atoms with E-state index in [1.54, 1.807) is 0 Å². The molecule has 3 heterocycles. The molecule has 0 saturated carbocycles. The monoisotopic (exact) mass is 285 g/mol. The van der Waals surface area contributed by atoms with Crippen LogP contribution in [0.1, 0.15) is 30.9 Å². The van der Waals surface area contributed by atoms with Crippen LogP contribution in [0.5, 0.6) is 0 Å². The van der Waals surface area contributed by atoms with Crippen LogP contribution in [0.2, 0.25) is 0 Å². The lowest BCUT2D eigenvalue weighted by molar-refractivity contribution is 0.169. The molecule has 106 valence electrons. The van der Waals surface area contributed by atoms with Gasteiger partial charge in [0.1, 0.15) is 16.9 Å². The molecule has 2 N–H and O–H groups in total. The SMILES string of the molecule is NS(=O)(=O)C1CN(Cc2nnc3n2CCCCC3)C1. The molecule has 19 heavy (non-hydrogen) atoms. The standard InChI is InChI=1S/C11H19N5O2S/c12-19(17,18)9-6-15(7-9)8-11-14-13-10-4-2-1-3-5-16(10)11/h9H,1-8H2,(H2,12,17,18). The Hall–Kier alpha value is -0.990. The molecule has 2 aliphatic heterocycles. The smallest absolute Gasteiger partial charge is 0.214 e. The topological polar surface area (TPSA) is 94.1 Å². The number of hydrogen-bond acceptors (Lipinski definition) is 5. The molecule has 8 heteroatoms. The van der Waals surface area contributed by atoms with Gasteiger partial charge in [0.25, 0.3) is 0 Å². The quantitative estimate of drug-likeness (QED) is 0.806. The fraction of sp³-hybridized carbons (Fsp3) is 0.818. The minimum atomic E-state index is -3.39. The molecule has 1 fully saturated rings. The van der Waals surface area contributed by atoms with Gasteiger partial charge in [0.2, 0.25) is 10.0 Å². The summed E-state index contributed by atoms with van der Waals surface area (Å²) < 4.78 is 24.5. The molecule has 0 aromatic carbocycles. The van der Waals surface area contributed by atoms with Crippen molar-refractivity contribution in [3.63, 3.8) is 0 Å². The predicted octanol–water partition coefficient (Wildman–Crippen LogP) is -0.523. The Kier molecular flexibility index (Phi) is 3.32. The van der Waals surface area contributed by atoms with Gasteiger partial charge in [-0.25, -0.2) is 13.6 Å². The van der Waals surface area contributed by atoms with Crippen LogP contribution in [0.3, 0.4) is 0 Å². The minimum Gasteiger partial charge on any atom is -0.314 e. The van der Waals surface area contributed by atoms with E-state index in [2.05, 4.69) is 19.7 Å². The summed E-state index contributed by atoms with van der Waals surface area (Å²) in [6.07, 6.45) is 4.57. The Morgan fingerprint density at radius 3 is 2.74 bits per heavy atom. The van der Waals surface area contributed by atoms with Gasteiger partial charge in [-0.15, -0.1) is 10.2 Å². The number of likely N-dealkylation sites (tertiary alicyclic amines) is 1. The molecule has 1 aromatic rings. The number of aryl methyl sites for hydroxylation is 1. The van der Waals surface area contributed by atoms with E-state index in [4.69, 9.17) is 5.14 Å². The van der Waals surface area contributed by atoms with Crippen LogP contribution in [0.4, 0.5) is 0 Å². The minimum absolute atomic E-state index is 0.418. The van der Waals surface area contributed by atoms with Crippen molar-refractivity contribution in [2.45, 2.75) is 44.0 Å². The van der Waals surface area contributed by atoms with Crippen LogP contribution in [0.15, 0.2) is 0 Å². The van der Waals surface area contributed by atoms with Gasteiger partial charge in [0, 0.05) is 26.1 Å². The number of fused-ring (bicyclic) bond motifs is 1. The number of aromatic nitrogens is 3. The van der Waals surface area contributed by atoms with Crippen LogP contribution < -0.4 is 5.14 Å². The lowest BCUT2D eigenvalue weighted by Crippen LogP contribution is -2.56. The molecule has 1 aromatic heterocycles. The van der Waals surface area contributed by atoms with Crippen molar-refractivity contribution in [1.82, 2.24) is 19.7 Å². The number of rotatable bonds is 3. The summed E-state index contributed by atoms with van der Waals surface area (Å²) >= 11 is 0. The summed E-state index contributed by atoms with van der Waals surface area (Å²) in [5.41, 5.74) is 0. The van der Waals surface area contributed by atoms with Crippen LogP contribution in [0, 0.1) is 0 Å². The van der Waals surface area contributed by atoms with Crippen molar-refractivity contribution in [3.05, 3.63) is 11.6 Å². The van der Waals surface area contributed by atoms with Crippen molar-refractivity contribution in [1.29, 1.82) is 0 Å². The zero-order chi connectivity index (χ0) is 13.5. The van der Waals surface area contributed by atoms with E-state index >= 15 is 0 Å². The zero-order valence-electron chi connectivity index (χ0n) is 10.8. The zero-order valence-corrected chi connectivity index (χ0v) is 11.6. The van der Waals surface area contributed by atoms with E-state index in [0.29, 0.717) is 19.6 Å². The molecule has 1 saturated heterocycles. The van der Waals surface area contributed by atoms with Crippen molar-refractivity contribution in [2.75, 3.05) is 13.1 Å². The maximum atomic E-state index is 11.2. The first kappa shape index (κ1) is 13.0. The van der Waals surface area contributed by atoms with Crippen LogP contribution in [-0.2, 0) is 29.5 Å². The lowest BCUT2D eigenvalue weighted by Gasteiger charge is -2.37. The maximum Gasteiger partial charge on any atom is 0.214 e. The molecule has 7 nitrogen and oxygen atoms in total. The first-order valence-electron chi connectivity index (χ1n) is 6.69. The van der Waals surface area contributed by atoms with Gasteiger partial charge in [-0.1, -0.05) is 6.42 Å². The summed E-state index contributed by atoms with van der Waals surface area (Å²) in [4.78, 5) is 2.05. The predicted molar refractivity (Wildman–Crippen MR) is 69.7 cm³/mol. The summed E-state index contributed by atoms with van der Waals surface area (Å²) in [5, 5.41) is 13.2. The largest absolute Gasteiger partial charge is 0.314 e. The first-order valence-corrected chi connectivity index (χ1v) is 8.30. The summed E-state index contributed by atoms with van der Waals surface area (Å²) in [6.45, 7) is 2.64. The fourth-order valence-electron chi connectivity index (χ4n) is 2.72. The maximum absolute atomic E-state index is 11.2. The fourth-order valence-corrected chi connectivity index (χ4v) is 3.56. The first-order chi connectivity index (χ1) is 9.04. The Labute approximate surface area is 112 Å². The highest BCUT2D eigenvalue weighted by Gasteiger charge is 2.35. The van der Waals surface area contributed by atoms with Crippen molar-refractivity contribution in [3.8, 4) is 0 Å². The summed E-state index contributed by atoms with van der Waals surface area (Å²) in [6, 6.07) is 0. The van der Waals surface area contributed by atoms with Gasteiger partial charge in [-0.2, -0.15) is 0 Å². The Morgan fingerprint density at radius 2 is 2.00 bits per heavy atom. The van der Waals surface area contributed by atoms with Gasteiger partial charge >= 0.3 is 0 Å². The van der Waals surface area contributed by atoms with E-state index in [9.17, 15) is 8.42 Å². The molecular weight excluding hydrogens is 266 g/mol. The highest BCUT2D eigenvalue weighted by molar-refractivity contribution is 7.89. The van der Waals surface area contributed by atoms with Gasteiger partial charge in [0.15, 0.2) is 0 Å². The Balaban J connectivity index is 1.64. The second-order valence-electron chi connectivity index (χ2n) is 5.40. The molecule has 0 radical (unpaired) electrons. The van der Waals surface area contributed by atoms with E-state index in [-0.39, 0.29) is 0 Å². The van der Waals surface area contributed by atoms with E-state index in [0.717, 1.165) is 31.0 Å². The van der Waals surface area contributed by atoms with E-state index < -0.39 is 15.3 Å². The lowest BCUT2D eigenvalue weighted by atomic mass is 10.2. The number of nitrogens with zero attached hydrogens (tertiary/aromatic N) is 4. The molecule has 0 bridgehead atoms. The highest BCUT2D eigenvalue weighted by Crippen LogP contribution is 2.19. The number of primary sulfonamides is 1. The summed E-state index contributed by atoms with van der Waals surface area (Å²) in [5.74, 6) is 2.01.